The van der Waals surface area contributed by atoms with Gasteiger partial charge < -0.3 is 9.73 Å². The van der Waals surface area contributed by atoms with Crippen LogP contribution in [-0.2, 0) is 12.8 Å². The standard InChI is InChI=1S/C23H16ClNO2/c24-17-5-1-4-16(13-17)20-11-12-21(27-20)23(26)25-19-10-9-15-8-7-14-3-2-6-18(19)22(14)15/h1-6,9-13H,7-8H2,(H,25,26). The first kappa shape index (κ1) is 16.2. The third-order valence-corrected chi connectivity index (χ3v) is 5.30. The van der Waals surface area contributed by atoms with Crippen LogP contribution in [0.1, 0.15) is 21.7 Å². The van der Waals surface area contributed by atoms with E-state index in [1.165, 1.54) is 16.5 Å². The summed E-state index contributed by atoms with van der Waals surface area (Å²) in [5.41, 5.74) is 4.34. The van der Waals surface area contributed by atoms with Crippen molar-refractivity contribution in [1.82, 2.24) is 0 Å². The molecule has 1 aromatic heterocycles. The van der Waals surface area contributed by atoms with Crippen LogP contribution >= 0.6 is 11.6 Å². The van der Waals surface area contributed by atoms with E-state index in [4.69, 9.17) is 16.0 Å². The Hall–Kier alpha value is -3.04. The normalized spacial score (nSPS) is 12.5. The molecule has 1 aliphatic rings. The monoisotopic (exact) mass is 373 g/mol. The van der Waals surface area contributed by atoms with E-state index in [-0.39, 0.29) is 11.7 Å². The van der Waals surface area contributed by atoms with Crippen LogP contribution in [0.25, 0.3) is 22.1 Å². The molecule has 3 aromatic carbocycles. The molecule has 5 rings (SSSR count). The molecule has 4 aromatic rings. The summed E-state index contributed by atoms with van der Waals surface area (Å²) < 4.78 is 5.76. The first-order valence-electron chi connectivity index (χ1n) is 8.90. The number of carbonyl (C=O) groups is 1. The van der Waals surface area contributed by atoms with Gasteiger partial charge in [0.1, 0.15) is 5.76 Å². The molecule has 0 bridgehead atoms. The van der Waals surface area contributed by atoms with Gasteiger partial charge in [0.2, 0.25) is 0 Å². The topological polar surface area (TPSA) is 42.2 Å². The van der Waals surface area contributed by atoms with Crippen molar-refractivity contribution < 1.29 is 9.21 Å². The number of aryl methyl sites for hydroxylation is 2. The summed E-state index contributed by atoms with van der Waals surface area (Å²) in [5, 5.41) is 5.98. The summed E-state index contributed by atoms with van der Waals surface area (Å²) in [6.45, 7) is 0. The minimum absolute atomic E-state index is 0.262. The average molecular weight is 374 g/mol. The molecule has 3 nitrogen and oxygen atoms in total. The smallest absolute Gasteiger partial charge is 0.291 e. The molecule has 27 heavy (non-hydrogen) atoms. The second-order valence-corrected chi connectivity index (χ2v) is 7.18. The van der Waals surface area contributed by atoms with Crippen LogP contribution in [0.2, 0.25) is 5.02 Å². The third kappa shape index (κ3) is 2.81. The number of carbonyl (C=O) groups excluding carboxylic acids is 1. The number of benzene rings is 3. The highest BCUT2D eigenvalue weighted by Crippen LogP contribution is 2.35. The summed E-state index contributed by atoms with van der Waals surface area (Å²) in [7, 11) is 0. The molecule has 4 heteroatoms. The average Bonchev–Trinajstić information content (AvgIpc) is 3.33. The lowest BCUT2D eigenvalue weighted by atomic mass is 10.0. The lowest BCUT2D eigenvalue weighted by Gasteiger charge is -2.09. The van der Waals surface area contributed by atoms with Crippen molar-refractivity contribution in [3.8, 4) is 11.3 Å². The van der Waals surface area contributed by atoms with Crippen molar-refractivity contribution in [1.29, 1.82) is 0 Å². The number of hydrogen-bond acceptors (Lipinski definition) is 2. The van der Waals surface area contributed by atoms with Gasteiger partial charge in [-0.3, -0.25) is 4.79 Å². The van der Waals surface area contributed by atoms with E-state index in [1.54, 1.807) is 18.2 Å². The highest BCUT2D eigenvalue weighted by atomic mass is 35.5. The van der Waals surface area contributed by atoms with Gasteiger partial charge in [0.05, 0.1) is 0 Å². The van der Waals surface area contributed by atoms with Crippen molar-refractivity contribution in [2.24, 2.45) is 0 Å². The lowest BCUT2D eigenvalue weighted by molar-refractivity contribution is 0.0997. The van der Waals surface area contributed by atoms with Gasteiger partial charge in [-0.05, 0) is 59.7 Å². The Bertz CT molecular complexity index is 1180. The fraction of sp³-hybridized carbons (Fsp3) is 0.0870. The van der Waals surface area contributed by atoms with Crippen molar-refractivity contribution >= 4 is 34.0 Å². The first-order valence-corrected chi connectivity index (χ1v) is 9.27. The highest BCUT2D eigenvalue weighted by molar-refractivity contribution is 6.30. The Balaban J connectivity index is 1.46. The van der Waals surface area contributed by atoms with Crippen molar-refractivity contribution in [2.75, 3.05) is 5.32 Å². The maximum Gasteiger partial charge on any atom is 0.291 e. The molecule has 0 fully saturated rings. The summed E-state index contributed by atoms with van der Waals surface area (Å²) in [5.74, 6) is 0.623. The molecule has 1 N–H and O–H groups in total. The van der Waals surface area contributed by atoms with Gasteiger partial charge >= 0.3 is 0 Å². The van der Waals surface area contributed by atoms with Crippen LogP contribution in [0, 0.1) is 0 Å². The number of furan rings is 1. The summed E-state index contributed by atoms with van der Waals surface area (Å²) in [6.07, 6.45) is 2.12. The van der Waals surface area contributed by atoms with E-state index >= 15 is 0 Å². The summed E-state index contributed by atoms with van der Waals surface area (Å²) in [4.78, 5) is 12.7. The minimum Gasteiger partial charge on any atom is -0.451 e. The fourth-order valence-electron chi connectivity index (χ4n) is 3.80. The molecule has 0 spiro atoms. The number of anilines is 1. The van der Waals surface area contributed by atoms with Crippen LogP contribution in [0.3, 0.4) is 0 Å². The van der Waals surface area contributed by atoms with E-state index in [1.807, 2.05) is 30.3 Å². The largest absolute Gasteiger partial charge is 0.451 e. The van der Waals surface area contributed by atoms with E-state index in [2.05, 4.69) is 23.5 Å². The van der Waals surface area contributed by atoms with E-state index in [9.17, 15) is 4.79 Å². The molecule has 0 saturated carbocycles. The van der Waals surface area contributed by atoms with Gasteiger partial charge in [-0.15, -0.1) is 0 Å². The van der Waals surface area contributed by atoms with Gasteiger partial charge in [0.25, 0.3) is 5.91 Å². The van der Waals surface area contributed by atoms with Gasteiger partial charge in [-0.2, -0.15) is 0 Å². The lowest BCUT2D eigenvalue weighted by Crippen LogP contribution is -2.11. The first-order chi connectivity index (χ1) is 13.2. The molecule has 0 aliphatic heterocycles. The van der Waals surface area contributed by atoms with E-state index < -0.39 is 0 Å². The van der Waals surface area contributed by atoms with Crippen molar-refractivity contribution in [2.45, 2.75) is 12.8 Å². The maximum absolute atomic E-state index is 12.7. The van der Waals surface area contributed by atoms with E-state index in [0.29, 0.717) is 10.8 Å². The molecule has 0 unspecified atom stereocenters. The molecule has 1 amide bonds. The van der Waals surface area contributed by atoms with Crippen molar-refractivity contribution in [3.05, 3.63) is 88.6 Å². The predicted octanol–water partition coefficient (Wildman–Crippen LogP) is 6.10. The Morgan fingerprint density at radius 2 is 1.74 bits per heavy atom. The number of rotatable bonds is 3. The highest BCUT2D eigenvalue weighted by Gasteiger charge is 2.18. The second kappa shape index (κ2) is 6.29. The number of amides is 1. The molecule has 0 radical (unpaired) electrons. The molecule has 0 saturated heterocycles. The van der Waals surface area contributed by atoms with E-state index in [0.717, 1.165) is 29.5 Å². The predicted molar refractivity (Wildman–Crippen MR) is 108 cm³/mol. The second-order valence-electron chi connectivity index (χ2n) is 6.74. The van der Waals surface area contributed by atoms with Gasteiger partial charge in [-0.1, -0.05) is 48.0 Å². The molecule has 132 valence electrons. The van der Waals surface area contributed by atoms with Crippen LogP contribution in [0.4, 0.5) is 5.69 Å². The fourth-order valence-corrected chi connectivity index (χ4v) is 3.99. The quantitative estimate of drug-likeness (QED) is 0.471. The SMILES string of the molecule is O=C(Nc1ccc2c3c(cccc13)CC2)c1ccc(-c2cccc(Cl)c2)o1. The van der Waals surface area contributed by atoms with Crippen LogP contribution in [0.15, 0.2) is 71.1 Å². The van der Waals surface area contributed by atoms with Crippen LogP contribution < -0.4 is 5.32 Å². The zero-order valence-electron chi connectivity index (χ0n) is 14.5. The summed E-state index contributed by atoms with van der Waals surface area (Å²) >= 11 is 6.04. The van der Waals surface area contributed by atoms with Gasteiger partial charge in [0, 0.05) is 21.7 Å². The number of hydrogen-bond donors (Lipinski definition) is 1. The zero-order chi connectivity index (χ0) is 18.4. The van der Waals surface area contributed by atoms with Crippen LogP contribution in [0.5, 0.6) is 0 Å². The number of halogens is 1. The molecule has 1 aliphatic carbocycles. The summed E-state index contributed by atoms with van der Waals surface area (Å²) in [6, 6.07) is 21.2. The van der Waals surface area contributed by atoms with Gasteiger partial charge in [-0.25, -0.2) is 0 Å². The maximum atomic E-state index is 12.7. The Morgan fingerprint density at radius 3 is 2.59 bits per heavy atom. The third-order valence-electron chi connectivity index (χ3n) is 5.06. The van der Waals surface area contributed by atoms with Crippen LogP contribution in [-0.4, -0.2) is 5.91 Å². The molecular formula is C23H16ClNO2. The molecule has 0 atom stereocenters. The Kier molecular flexibility index (Phi) is 3.76. The van der Waals surface area contributed by atoms with Gasteiger partial charge in [0.15, 0.2) is 5.76 Å². The molecule has 1 heterocycles. The zero-order valence-corrected chi connectivity index (χ0v) is 15.2. The Labute approximate surface area is 161 Å². The minimum atomic E-state index is -0.262. The molecular weight excluding hydrogens is 358 g/mol. The Morgan fingerprint density at radius 1 is 0.926 bits per heavy atom. The van der Waals surface area contributed by atoms with Crippen molar-refractivity contribution in [3.63, 3.8) is 0 Å². The number of nitrogens with one attached hydrogen (secondary N) is 1.